The maximum atomic E-state index is 9.36. The second-order valence-corrected chi connectivity index (χ2v) is 5.72. The van der Waals surface area contributed by atoms with Gasteiger partial charge in [0.05, 0.1) is 19.8 Å². The van der Waals surface area contributed by atoms with Crippen LogP contribution in [0, 0.1) is 17.8 Å². The molecule has 1 aromatic rings. The molecule has 114 valence electrons. The average molecular weight is 288 g/mol. The summed E-state index contributed by atoms with van der Waals surface area (Å²) in [6, 6.07) is 5.97. The molecule has 0 heterocycles. The fourth-order valence-corrected chi connectivity index (χ4v) is 2.78. The van der Waals surface area contributed by atoms with Gasteiger partial charge in [0.1, 0.15) is 5.75 Å². The fraction of sp³-hybridized carbons (Fsp3) is 0.529. The maximum Gasteiger partial charge on any atom is 0.123 e. The highest BCUT2D eigenvalue weighted by Gasteiger charge is 2.27. The second kappa shape index (κ2) is 7.46. The van der Waals surface area contributed by atoms with Gasteiger partial charge in [-0.3, -0.25) is 0 Å². The summed E-state index contributed by atoms with van der Waals surface area (Å²) in [4.78, 5) is 2.27. The lowest BCUT2D eigenvalue weighted by Gasteiger charge is -2.34. The highest BCUT2D eigenvalue weighted by Crippen LogP contribution is 2.28. The quantitative estimate of drug-likeness (QED) is 0.800. The Hall–Kier alpha value is -1.54. The smallest absolute Gasteiger partial charge is 0.123 e. The van der Waals surface area contributed by atoms with Gasteiger partial charge in [-0.15, -0.1) is 0 Å². The molecule has 21 heavy (non-hydrogen) atoms. The summed E-state index contributed by atoms with van der Waals surface area (Å²) in [5, 5.41) is 9.36. The molecule has 1 fully saturated rings. The molecule has 4 heteroatoms. The van der Waals surface area contributed by atoms with Crippen LogP contribution in [0.4, 0.5) is 0 Å². The molecule has 1 aromatic carbocycles. The minimum absolute atomic E-state index is 0.0900. The number of aliphatic hydroxyl groups is 1. The van der Waals surface area contributed by atoms with Crippen molar-refractivity contribution in [3.05, 3.63) is 29.3 Å². The largest absolute Gasteiger partial charge is 0.496 e. The zero-order valence-corrected chi connectivity index (χ0v) is 12.8. The number of nitrogens with zero attached hydrogens (tertiary/aromatic N) is 1. The van der Waals surface area contributed by atoms with Crippen LogP contribution in [-0.4, -0.2) is 43.4 Å². The van der Waals surface area contributed by atoms with Gasteiger partial charge < -0.3 is 20.5 Å². The number of rotatable bonds is 5. The highest BCUT2D eigenvalue weighted by molar-refractivity contribution is 5.44. The van der Waals surface area contributed by atoms with E-state index in [0.29, 0.717) is 12.5 Å². The van der Waals surface area contributed by atoms with Gasteiger partial charge >= 0.3 is 0 Å². The van der Waals surface area contributed by atoms with Crippen molar-refractivity contribution < 1.29 is 9.84 Å². The third-order valence-corrected chi connectivity index (χ3v) is 3.84. The van der Waals surface area contributed by atoms with E-state index in [9.17, 15) is 5.11 Å². The van der Waals surface area contributed by atoms with E-state index in [1.54, 1.807) is 7.11 Å². The first-order chi connectivity index (χ1) is 10.1. The summed E-state index contributed by atoms with van der Waals surface area (Å²) in [7, 11) is 3.79. The van der Waals surface area contributed by atoms with E-state index in [0.717, 1.165) is 42.8 Å². The Kier molecular flexibility index (Phi) is 5.63. The summed E-state index contributed by atoms with van der Waals surface area (Å²) < 4.78 is 5.43. The van der Waals surface area contributed by atoms with E-state index < -0.39 is 0 Å². The Morgan fingerprint density at radius 1 is 1.43 bits per heavy atom. The zero-order chi connectivity index (χ0) is 15.2. The van der Waals surface area contributed by atoms with Crippen molar-refractivity contribution in [2.45, 2.75) is 25.5 Å². The van der Waals surface area contributed by atoms with Crippen LogP contribution in [0.1, 0.15) is 24.0 Å². The molecular formula is C17H24N2O2. The van der Waals surface area contributed by atoms with Gasteiger partial charge in [0.2, 0.25) is 0 Å². The number of ether oxygens (including phenoxy) is 1. The first-order valence-corrected chi connectivity index (χ1v) is 7.34. The normalized spacial score (nSPS) is 20.6. The standard InChI is InChI=1S/C17H24N2O2/c1-19(11-14-9-16(20)10-14)12-15-8-13(4-3-7-18)5-6-17(15)21-2/h5-6,8,14,16,20H,7,9-12,18H2,1-2H3. The van der Waals surface area contributed by atoms with Gasteiger partial charge in [0.15, 0.2) is 0 Å². The SMILES string of the molecule is COc1ccc(C#CCN)cc1CN(C)CC1CC(O)C1. The molecule has 2 rings (SSSR count). The molecule has 0 atom stereocenters. The molecule has 0 saturated heterocycles. The van der Waals surface area contributed by atoms with Crippen molar-refractivity contribution in [2.75, 3.05) is 27.2 Å². The highest BCUT2D eigenvalue weighted by atomic mass is 16.5. The van der Waals surface area contributed by atoms with Crippen LogP contribution in [0.5, 0.6) is 5.75 Å². The van der Waals surface area contributed by atoms with Crippen LogP contribution in [0.15, 0.2) is 18.2 Å². The Morgan fingerprint density at radius 3 is 2.81 bits per heavy atom. The predicted octanol–water partition coefficient (Wildman–Crippen LogP) is 1.21. The number of hydrogen-bond donors (Lipinski definition) is 2. The molecular weight excluding hydrogens is 264 g/mol. The molecule has 0 aliphatic heterocycles. The van der Waals surface area contributed by atoms with E-state index in [1.165, 1.54) is 0 Å². The van der Waals surface area contributed by atoms with Gasteiger partial charge in [-0.1, -0.05) is 11.8 Å². The minimum atomic E-state index is -0.0900. The molecule has 0 amide bonds. The van der Waals surface area contributed by atoms with Crippen molar-refractivity contribution in [1.29, 1.82) is 0 Å². The van der Waals surface area contributed by atoms with Gasteiger partial charge in [-0.05, 0) is 44.0 Å². The van der Waals surface area contributed by atoms with Crippen LogP contribution in [-0.2, 0) is 6.54 Å². The molecule has 0 aromatic heterocycles. The monoisotopic (exact) mass is 288 g/mol. The molecule has 1 saturated carbocycles. The van der Waals surface area contributed by atoms with E-state index in [-0.39, 0.29) is 6.10 Å². The Labute approximate surface area is 126 Å². The Bertz CT molecular complexity index is 527. The Morgan fingerprint density at radius 2 is 2.19 bits per heavy atom. The van der Waals surface area contributed by atoms with E-state index in [1.807, 2.05) is 12.1 Å². The zero-order valence-electron chi connectivity index (χ0n) is 12.8. The lowest BCUT2D eigenvalue weighted by molar-refractivity contribution is 0.0273. The second-order valence-electron chi connectivity index (χ2n) is 5.72. The number of aliphatic hydroxyl groups excluding tert-OH is 1. The molecule has 0 bridgehead atoms. The van der Waals surface area contributed by atoms with Crippen molar-refractivity contribution in [3.63, 3.8) is 0 Å². The van der Waals surface area contributed by atoms with Crippen LogP contribution in [0.2, 0.25) is 0 Å². The maximum absolute atomic E-state index is 9.36. The van der Waals surface area contributed by atoms with Crippen molar-refractivity contribution >= 4 is 0 Å². The van der Waals surface area contributed by atoms with Gasteiger partial charge in [0.25, 0.3) is 0 Å². The van der Waals surface area contributed by atoms with Crippen LogP contribution in [0.25, 0.3) is 0 Å². The van der Waals surface area contributed by atoms with Crippen LogP contribution < -0.4 is 10.5 Å². The summed E-state index contributed by atoms with van der Waals surface area (Å²) >= 11 is 0. The van der Waals surface area contributed by atoms with Gasteiger partial charge in [-0.25, -0.2) is 0 Å². The summed E-state index contributed by atoms with van der Waals surface area (Å²) in [6.45, 7) is 2.18. The number of nitrogens with two attached hydrogens (primary N) is 1. The van der Waals surface area contributed by atoms with Crippen molar-refractivity contribution in [3.8, 4) is 17.6 Å². The minimum Gasteiger partial charge on any atom is -0.496 e. The first kappa shape index (κ1) is 15.8. The lowest BCUT2D eigenvalue weighted by atomic mass is 9.82. The predicted molar refractivity (Wildman–Crippen MR) is 84.0 cm³/mol. The third-order valence-electron chi connectivity index (χ3n) is 3.84. The molecule has 3 N–H and O–H groups in total. The van der Waals surface area contributed by atoms with Crippen LogP contribution in [0.3, 0.4) is 0 Å². The van der Waals surface area contributed by atoms with E-state index in [2.05, 4.69) is 29.9 Å². The molecule has 0 spiro atoms. The van der Waals surface area contributed by atoms with E-state index >= 15 is 0 Å². The number of methoxy groups -OCH3 is 1. The van der Waals surface area contributed by atoms with E-state index in [4.69, 9.17) is 10.5 Å². The third kappa shape index (κ3) is 4.47. The molecule has 0 unspecified atom stereocenters. The summed E-state index contributed by atoms with van der Waals surface area (Å²) in [5.41, 5.74) is 7.50. The Balaban J connectivity index is 2.02. The topological polar surface area (TPSA) is 58.7 Å². The molecule has 1 aliphatic carbocycles. The fourth-order valence-electron chi connectivity index (χ4n) is 2.78. The summed E-state index contributed by atoms with van der Waals surface area (Å²) in [5.74, 6) is 7.42. The molecule has 1 aliphatic rings. The number of hydrogen-bond acceptors (Lipinski definition) is 4. The van der Waals surface area contributed by atoms with Crippen molar-refractivity contribution in [2.24, 2.45) is 11.7 Å². The summed E-state index contributed by atoms with van der Waals surface area (Å²) in [6.07, 6.45) is 1.75. The average Bonchev–Trinajstić information content (AvgIpc) is 2.43. The van der Waals surface area contributed by atoms with Gasteiger partial charge in [0, 0.05) is 24.2 Å². The van der Waals surface area contributed by atoms with Crippen molar-refractivity contribution in [1.82, 2.24) is 4.90 Å². The van der Waals surface area contributed by atoms with Crippen LogP contribution >= 0.6 is 0 Å². The number of benzene rings is 1. The molecule has 4 nitrogen and oxygen atoms in total. The lowest BCUT2D eigenvalue weighted by Crippen LogP contribution is -2.36. The first-order valence-electron chi connectivity index (χ1n) is 7.34. The molecule has 0 radical (unpaired) electrons. The van der Waals surface area contributed by atoms with Gasteiger partial charge in [-0.2, -0.15) is 0 Å².